The monoisotopic (exact) mass is 454 g/mol. The lowest BCUT2D eigenvalue weighted by molar-refractivity contribution is -0.139. The first-order valence-corrected chi connectivity index (χ1v) is 11.0. The fraction of sp³-hybridized carbons (Fsp3) is 0.185. The highest BCUT2D eigenvalue weighted by atomic mass is 16.5. The maximum Gasteiger partial charge on any atom is 0.316 e. The Balaban J connectivity index is 1.31. The molecule has 0 aromatic heterocycles. The van der Waals surface area contributed by atoms with Gasteiger partial charge in [-0.25, -0.2) is 4.90 Å². The van der Waals surface area contributed by atoms with Crippen LogP contribution in [0, 0.1) is 19.8 Å². The van der Waals surface area contributed by atoms with E-state index >= 15 is 0 Å². The van der Waals surface area contributed by atoms with Crippen LogP contribution in [0.1, 0.15) is 38.3 Å². The Hall–Kier alpha value is -4.26. The van der Waals surface area contributed by atoms with E-state index in [1.54, 1.807) is 54.3 Å². The van der Waals surface area contributed by atoms with Gasteiger partial charge in [-0.3, -0.25) is 19.2 Å². The highest BCUT2D eigenvalue weighted by Gasteiger charge is 2.38. The largest absolute Gasteiger partial charge is 0.426 e. The van der Waals surface area contributed by atoms with E-state index in [2.05, 4.69) is 0 Å². The number of carbonyl (C=O) groups is 4. The second-order valence-corrected chi connectivity index (χ2v) is 8.55. The van der Waals surface area contributed by atoms with Crippen LogP contribution in [0.25, 0.3) is 0 Å². The predicted molar refractivity (Wildman–Crippen MR) is 126 cm³/mol. The second-order valence-electron chi connectivity index (χ2n) is 8.55. The van der Waals surface area contributed by atoms with Crippen LogP contribution in [0.4, 0.5) is 11.4 Å². The van der Waals surface area contributed by atoms with Gasteiger partial charge in [0, 0.05) is 18.7 Å². The van der Waals surface area contributed by atoms with Crippen molar-refractivity contribution < 1.29 is 23.9 Å². The number of aryl methyl sites for hydroxylation is 2. The van der Waals surface area contributed by atoms with Gasteiger partial charge in [0.2, 0.25) is 5.91 Å². The third-order valence-corrected chi connectivity index (χ3v) is 6.29. The van der Waals surface area contributed by atoms with Gasteiger partial charge in [-0.15, -0.1) is 0 Å². The van der Waals surface area contributed by atoms with Crippen molar-refractivity contribution in [1.82, 2.24) is 0 Å². The number of hydrogen-bond acceptors (Lipinski definition) is 5. The van der Waals surface area contributed by atoms with Crippen molar-refractivity contribution in [2.24, 2.45) is 5.92 Å². The number of para-hydroxylation sites is 1. The topological polar surface area (TPSA) is 84.0 Å². The van der Waals surface area contributed by atoms with Crippen molar-refractivity contribution in [2.45, 2.75) is 20.3 Å². The number of fused-ring (bicyclic) bond motifs is 1. The summed E-state index contributed by atoms with van der Waals surface area (Å²) in [7, 11) is 0. The van der Waals surface area contributed by atoms with Crippen molar-refractivity contribution >= 4 is 35.1 Å². The number of benzene rings is 3. The van der Waals surface area contributed by atoms with Gasteiger partial charge >= 0.3 is 5.97 Å². The fourth-order valence-electron chi connectivity index (χ4n) is 4.51. The molecule has 0 bridgehead atoms. The summed E-state index contributed by atoms with van der Waals surface area (Å²) in [4.78, 5) is 53.7. The van der Waals surface area contributed by atoms with E-state index in [9.17, 15) is 19.2 Å². The number of ether oxygens (including phenoxy) is 1. The molecule has 7 heteroatoms. The van der Waals surface area contributed by atoms with Gasteiger partial charge in [0.25, 0.3) is 11.8 Å². The van der Waals surface area contributed by atoms with Crippen LogP contribution in [0.3, 0.4) is 0 Å². The molecule has 0 aliphatic carbocycles. The lowest BCUT2D eigenvalue weighted by Crippen LogP contribution is -2.30. The van der Waals surface area contributed by atoms with Crippen LogP contribution in [0.15, 0.2) is 66.7 Å². The molecule has 0 unspecified atom stereocenters. The smallest absolute Gasteiger partial charge is 0.316 e. The number of imide groups is 1. The van der Waals surface area contributed by atoms with E-state index in [4.69, 9.17) is 4.74 Å². The van der Waals surface area contributed by atoms with E-state index in [1.165, 1.54) is 0 Å². The quantitative estimate of drug-likeness (QED) is 0.337. The molecule has 170 valence electrons. The Kier molecular flexibility index (Phi) is 5.24. The molecule has 3 aromatic carbocycles. The third-order valence-electron chi connectivity index (χ3n) is 6.29. The molecule has 0 saturated carbocycles. The average molecular weight is 454 g/mol. The molecular weight excluding hydrogens is 432 g/mol. The van der Waals surface area contributed by atoms with Gasteiger partial charge in [-0.1, -0.05) is 30.3 Å². The first-order valence-electron chi connectivity index (χ1n) is 11.0. The SMILES string of the molecule is Cc1ccccc1N1C[C@@H](C(=O)Oc2ccc(N3C(=O)c4ccccc4C3=O)c(C)c2)CC1=O. The lowest BCUT2D eigenvalue weighted by atomic mass is 10.1. The molecule has 7 nitrogen and oxygen atoms in total. The molecule has 5 rings (SSSR count). The van der Waals surface area contributed by atoms with Gasteiger partial charge in [0.05, 0.1) is 22.7 Å². The Labute approximate surface area is 196 Å². The van der Waals surface area contributed by atoms with Crippen LogP contribution in [-0.4, -0.2) is 30.2 Å². The molecule has 2 heterocycles. The van der Waals surface area contributed by atoms with Gasteiger partial charge in [0.15, 0.2) is 0 Å². The van der Waals surface area contributed by atoms with E-state index in [1.807, 2.05) is 31.2 Å². The molecule has 1 fully saturated rings. The molecular formula is C27H22N2O5. The van der Waals surface area contributed by atoms with Crippen LogP contribution < -0.4 is 14.5 Å². The molecule has 0 N–H and O–H groups in total. The summed E-state index contributed by atoms with van der Waals surface area (Å²) in [5.41, 5.74) is 3.54. The first kappa shape index (κ1) is 21.6. The number of esters is 1. The van der Waals surface area contributed by atoms with E-state index in [0.717, 1.165) is 16.2 Å². The zero-order valence-corrected chi connectivity index (χ0v) is 18.8. The normalized spacial score (nSPS) is 17.4. The number of hydrogen-bond donors (Lipinski definition) is 0. The Bertz CT molecular complexity index is 1330. The van der Waals surface area contributed by atoms with E-state index < -0.39 is 11.9 Å². The Morgan fingerprint density at radius 1 is 0.824 bits per heavy atom. The molecule has 2 aliphatic rings. The van der Waals surface area contributed by atoms with Crippen molar-refractivity contribution in [3.05, 3.63) is 89.0 Å². The molecule has 3 aromatic rings. The predicted octanol–water partition coefficient (Wildman–Crippen LogP) is 4.06. The molecule has 1 atom stereocenters. The second kappa shape index (κ2) is 8.26. The number of nitrogens with zero attached hydrogens (tertiary/aromatic N) is 2. The number of carbonyl (C=O) groups excluding carboxylic acids is 4. The minimum atomic E-state index is -0.580. The Morgan fingerprint density at radius 3 is 2.12 bits per heavy atom. The van der Waals surface area contributed by atoms with Gasteiger partial charge in [-0.05, 0) is 61.4 Å². The fourth-order valence-corrected chi connectivity index (χ4v) is 4.51. The van der Waals surface area contributed by atoms with E-state index in [-0.39, 0.29) is 30.7 Å². The number of anilines is 2. The van der Waals surface area contributed by atoms with Crippen LogP contribution in [0.2, 0.25) is 0 Å². The summed E-state index contributed by atoms with van der Waals surface area (Å²) in [5.74, 6) is -1.65. The Morgan fingerprint density at radius 2 is 1.47 bits per heavy atom. The maximum atomic E-state index is 12.8. The summed E-state index contributed by atoms with van der Waals surface area (Å²) < 4.78 is 5.57. The summed E-state index contributed by atoms with van der Waals surface area (Å²) >= 11 is 0. The van der Waals surface area contributed by atoms with E-state index in [0.29, 0.717) is 28.1 Å². The van der Waals surface area contributed by atoms with Crippen molar-refractivity contribution in [1.29, 1.82) is 0 Å². The molecule has 2 aliphatic heterocycles. The summed E-state index contributed by atoms with van der Waals surface area (Å²) in [6.45, 7) is 3.93. The number of amides is 3. The molecule has 3 amide bonds. The molecule has 0 radical (unpaired) electrons. The van der Waals surface area contributed by atoms with Gasteiger partial charge in [-0.2, -0.15) is 0 Å². The van der Waals surface area contributed by atoms with Crippen molar-refractivity contribution in [2.75, 3.05) is 16.3 Å². The maximum absolute atomic E-state index is 12.8. The lowest BCUT2D eigenvalue weighted by Gasteiger charge is -2.19. The van der Waals surface area contributed by atoms with Gasteiger partial charge < -0.3 is 9.64 Å². The third kappa shape index (κ3) is 3.55. The van der Waals surface area contributed by atoms with Crippen LogP contribution in [-0.2, 0) is 9.59 Å². The summed E-state index contributed by atoms with van der Waals surface area (Å²) in [5, 5.41) is 0. The minimum absolute atomic E-state index is 0.0826. The summed E-state index contributed by atoms with van der Waals surface area (Å²) in [6, 6.07) is 19.0. The minimum Gasteiger partial charge on any atom is -0.426 e. The average Bonchev–Trinajstić information content (AvgIpc) is 3.33. The zero-order valence-electron chi connectivity index (χ0n) is 18.8. The molecule has 1 saturated heterocycles. The van der Waals surface area contributed by atoms with Crippen molar-refractivity contribution in [3.63, 3.8) is 0 Å². The zero-order chi connectivity index (χ0) is 24.0. The highest BCUT2D eigenvalue weighted by molar-refractivity contribution is 6.34. The van der Waals surface area contributed by atoms with Crippen LogP contribution >= 0.6 is 0 Å². The highest BCUT2D eigenvalue weighted by Crippen LogP contribution is 2.33. The molecule has 0 spiro atoms. The van der Waals surface area contributed by atoms with Gasteiger partial charge in [0.1, 0.15) is 5.75 Å². The summed E-state index contributed by atoms with van der Waals surface area (Å²) in [6.07, 6.45) is 0.0826. The molecule has 34 heavy (non-hydrogen) atoms. The van der Waals surface area contributed by atoms with Crippen molar-refractivity contribution in [3.8, 4) is 5.75 Å². The number of rotatable bonds is 4. The van der Waals surface area contributed by atoms with Crippen LogP contribution in [0.5, 0.6) is 5.75 Å². The first-order chi connectivity index (χ1) is 16.3. The standard InChI is InChI=1S/C27H22N2O5/c1-16-7-3-6-10-22(16)28-15-18(14-24(28)30)27(33)34-19-11-12-23(17(2)13-19)29-25(31)20-8-4-5-9-21(20)26(29)32/h3-13,18H,14-15H2,1-2H3/t18-/m0/s1.